The van der Waals surface area contributed by atoms with Crippen LogP contribution in [-0.4, -0.2) is 29.9 Å². The Balaban J connectivity index is 1.96. The van der Waals surface area contributed by atoms with Crippen LogP contribution in [0.1, 0.15) is 25.8 Å². The second kappa shape index (κ2) is 9.97. The van der Waals surface area contributed by atoms with Gasteiger partial charge in [-0.1, -0.05) is 46.3 Å². The first-order valence-corrected chi connectivity index (χ1v) is 9.30. The van der Waals surface area contributed by atoms with Gasteiger partial charge < -0.3 is 15.0 Å². The van der Waals surface area contributed by atoms with Crippen molar-refractivity contribution in [2.24, 2.45) is 0 Å². The maximum Gasteiger partial charge on any atom is 0.226 e. The summed E-state index contributed by atoms with van der Waals surface area (Å²) in [6.45, 7) is 4.77. The molecule has 138 valence electrons. The van der Waals surface area contributed by atoms with Gasteiger partial charge in [0.1, 0.15) is 5.75 Å². The molecule has 0 radical (unpaired) electrons. The molecular weight excluding hydrogens is 396 g/mol. The number of benzene rings is 2. The first-order chi connectivity index (χ1) is 12.5. The Hall–Kier alpha value is -2.34. The molecule has 0 fully saturated rings. The number of rotatable bonds is 8. The van der Waals surface area contributed by atoms with E-state index in [9.17, 15) is 9.59 Å². The molecule has 2 aromatic carbocycles. The molecule has 0 spiro atoms. The summed E-state index contributed by atoms with van der Waals surface area (Å²) in [5, 5.41) is 2.86. The summed E-state index contributed by atoms with van der Waals surface area (Å²) < 4.78 is 6.39. The van der Waals surface area contributed by atoms with Crippen LogP contribution in [0.4, 0.5) is 5.69 Å². The Morgan fingerprint density at radius 1 is 1.15 bits per heavy atom. The molecule has 0 aliphatic carbocycles. The van der Waals surface area contributed by atoms with E-state index >= 15 is 0 Å². The number of nitrogens with one attached hydrogen (secondary N) is 1. The third-order valence-corrected chi connectivity index (χ3v) is 4.28. The molecular formula is C20H23BrN2O3. The molecule has 2 aromatic rings. The van der Waals surface area contributed by atoms with Crippen LogP contribution < -0.4 is 10.1 Å². The van der Waals surface area contributed by atoms with Crippen LogP contribution in [-0.2, 0) is 16.1 Å². The number of hydrogen-bond donors (Lipinski definition) is 1. The van der Waals surface area contributed by atoms with Gasteiger partial charge in [0.05, 0.1) is 12.3 Å². The van der Waals surface area contributed by atoms with Crippen molar-refractivity contribution < 1.29 is 14.3 Å². The van der Waals surface area contributed by atoms with Gasteiger partial charge in [-0.25, -0.2) is 0 Å². The molecule has 26 heavy (non-hydrogen) atoms. The Morgan fingerprint density at radius 2 is 1.88 bits per heavy atom. The molecule has 1 N–H and O–H groups in total. The van der Waals surface area contributed by atoms with E-state index < -0.39 is 0 Å². The molecule has 0 saturated carbocycles. The minimum atomic E-state index is -0.164. The number of carbonyl (C=O) groups excluding carboxylic acids is 2. The zero-order valence-electron chi connectivity index (χ0n) is 15.0. The predicted octanol–water partition coefficient (Wildman–Crippen LogP) is 4.23. The molecule has 6 heteroatoms. The number of anilines is 1. The van der Waals surface area contributed by atoms with E-state index in [1.54, 1.807) is 17.0 Å². The number of carbonyl (C=O) groups is 2. The normalized spacial score (nSPS) is 10.3. The van der Waals surface area contributed by atoms with E-state index in [4.69, 9.17) is 4.74 Å². The standard InChI is InChI=1S/C20H23BrN2O3/c1-3-26-19-10-9-17(21)13-18(19)22-20(25)11-12-23(15(2)24)14-16-7-5-4-6-8-16/h4-10,13H,3,11-12,14H2,1-2H3,(H,22,25). The summed E-state index contributed by atoms with van der Waals surface area (Å²) in [5.41, 5.74) is 1.65. The molecule has 2 amide bonds. The number of ether oxygens (including phenoxy) is 1. The van der Waals surface area contributed by atoms with Crippen LogP contribution in [0.15, 0.2) is 53.0 Å². The van der Waals surface area contributed by atoms with Crippen molar-refractivity contribution in [2.75, 3.05) is 18.5 Å². The highest BCUT2D eigenvalue weighted by molar-refractivity contribution is 9.10. The minimum Gasteiger partial charge on any atom is -0.492 e. The van der Waals surface area contributed by atoms with Crippen LogP contribution in [0.2, 0.25) is 0 Å². The average Bonchev–Trinajstić information content (AvgIpc) is 2.61. The minimum absolute atomic E-state index is 0.0564. The van der Waals surface area contributed by atoms with Crippen molar-refractivity contribution >= 4 is 33.4 Å². The van der Waals surface area contributed by atoms with Crippen LogP contribution in [0.3, 0.4) is 0 Å². The summed E-state index contributed by atoms with van der Waals surface area (Å²) in [6, 6.07) is 15.2. The molecule has 0 saturated heterocycles. The van der Waals surface area contributed by atoms with Crippen LogP contribution in [0.5, 0.6) is 5.75 Å². The Labute approximate surface area is 162 Å². The zero-order valence-corrected chi connectivity index (χ0v) is 16.6. The quantitative estimate of drug-likeness (QED) is 0.697. The van der Waals surface area contributed by atoms with Gasteiger partial charge in [0.25, 0.3) is 0 Å². The number of hydrogen-bond acceptors (Lipinski definition) is 3. The van der Waals surface area contributed by atoms with Crippen molar-refractivity contribution in [3.63, 3.8) is 0 Å². The van der Waals surface area contributed by atoms with Gasteiger partial charge in [0.15, 0.2) is 0 Å². The molecule has 0 aliphatic rings. The third-order valence-electron chi connectivity index (χ3n) is 3.79. The zero-order chi connectivity index (χ0) is 18.9. The van der Waals surface area contributed by atoms with Crippen LogP contribution in [0.25, 0.3) is 0 Å². The van der Waals surface area contributed by atoms with Gasteiger partial charge in [-0.15, -0.1) is 0 Å². The second-order valence-corrected chi connectivity index (χ2v) is 6.71. The second-order valence-electron chi connectivity index (χ2n) is 5.80. The van der Waals surface area contributed by atoms with E-state index in [1.807, 2.05) is 43.3 Å². The SMILES string of the molecule is CCOc1ccc(Br)cc1NC(=O)CCN(Cc1ccccc1)C(C)=O. The van der Waals surface area contributed by atoms with Crippen molar-refractivity contribution in [3.8, 4) is 5.75 Å². The predicted molar refractivity (Wildman–Crippen MR) is 106 cm³/mol. The van der Waals surface area contributed by atoms with Crippen molar-refractivity contribution in [1.29, 1.82) is 0 Å². The van der Waals surface area contributed by atoms with Gasteiger partial charge in [-0.3, -0.25) is 9.59 Å². The van der Waals surface area contributed by atoms with E-state index in [0.717, 1.165) is 10.0 Å². The lowest BCUT2D eigenvalue weighted by atomic mass is 10.2. The molecule has 0 aliphatic heterocycles. The lowest BCUT2D eigenvalue weighted by Gasteiger charge is -2.21. The molecule has 0 bridgehead atoms. The number of nitrogens with zero attached hydrogens (tertiary/aromatic N) is 1. The maximum absolute atomic E-state index is 12.3. The van der Waals surface area contributed by atoms with Crippen molar-refractivity contribution in [2.45, 2.75) is 26.8 Å². The van der Waals surface area contributed by atoms with Gasteiger partial charge in [0.2, 0.25) is 11.8 Å². The van der Waals surface area contributed by atoms with E-state index in [1.165, 1.54) is 6.92 Å². The summed E-state index contributed by atoms with van der Waals surface area (Å²) in [7, 11) is 0. The van der Waals surface area contributed by atoms with Gasteiger partial charge in [-0.2, -0.15) is 0 Å². The number of halogens is 1. The van der Waals surface area contributed by atoms with E-state index in [0.29, 0.717) is 31.1 Å². The van der Waals surface area contributed by atoms with Gasteiger partial charge in [-0.05, 0) is 30.7 Å². The first kappa shape index (κ1) is 20.0. The highest BCUT2D eigenvalue weighted by atomic mass is 79.9. The summed E-state index contributed by atoms with van der Waals surface area (Å²) in [6.07, 6.45) is 0.213. The summed E-state index contributed by atoms with van der Waals surface area (Å²) >= 11 is 3.40. The fraction of sp³-hybridized carbons (Fsp3) is 0.300. The summed E-state index contributed by atoms with van der Waals surface area (Å²) in [5.74, 6) is 0.402. The molecule has 0 unspecified atom stereocenters. The Morgan fingerprint density at radius 3 is 2.54 bits per heavy atom. The summed E-state index contributed by atoms with van der Waals surface area (Å²) in [4.78, 5) is 25.9. The highest BCUT2D eigenvalue weighted by Gasteiger charge is 2.13. The lowest BCUT2D eigenvalue weighted by molar-refractivity contribution is -0.129. The molecule has 2 rings (SSSR count). The molecule has 5 nitrogen and oxygen atoms in total. The Bertz CT molecular complexity index is 750. The average molecular weight is 419 g/mol. The van der Waals surface area contributed by atoms with Crippen molar-refractivity contribution in [1.82, 2.24) is 4.90 Å². The van der Waals surface area contributed by atoms with Gasteiger partial charge >= 0.3 is 0 Å². The first-order valence-electron chi connectivity index (χ1n) is 8.51. The lowest BCUT2D eigenvalue weighted by Crippen LogP contribution is -2.31. The monoisotopic (exact) mass is 418 g/mol. The number of amides is 2. The molecule has 0 heterocycles. The van der Waals surface area contributed by atoms with Crippen LogP contribution in [0, 0.1) is 0 Å². The smallest absolute Gasteiger partial charge is 0.226 e. The fourth-order valence-corrected chi connectivity index (χ4v) is 2.84. The van der Waals surface area contributed by atoms with Crippen molar-refractivity contribution in [3.05, 3.63) is 58.6 Å². The van der Waals surface area contributed by atoms with E-state index in [-0.39, 0.29) is 18.2 Å². The highest BCUT2D eigenvalue weighted by Crippen LogP contribution is 2.28. The Kier molecular flexibility index (Phi) is 7.66. The van der Waals surface area contributed by atoms with E-state index in [2.05, 4.69) is 21.2 Å². The maximum atomic E-state index is 12.3. The van der Waals surface area contributed by atoms with Crippen LogP contribution >= 0.6 is 15.9 Å². The van der Waals surface area contributed by atoms with Gasteiger partial charge in [0, 0.05) is 30.9 Å². The topological polar surface area (TPSA) is 58.6 Å². The largest absolute Gasteiger partial charge is 0.492 e. The molecule has 0 atom stereocenters. The third kappa shape index (κ3) is 6.19. The molecule has 0 aromatic heterocycles. The fourth-order valence-electron chi connectivity index (χ4n) is 2.48.